The molecule has 0 atom stereocenters. The molecule has 2 heterocycles. The lowest BCUT2D eigenvalue weighted by atomic mass is 9.95. The second-order valence-electron chi connectivity index (χ2n) is 6.66. The van der Waals surface area contributed by atoms with Gasteiger partial charge in [0.1, 0.15) is 5.00 Å². The number of carboxylic acid groups (broad SMARTS) is 1. The largest absolute Gasteiger partial charge is 0.477 e. The van der Waals surface area contributed by atoms with E-state index in [-0.39, 0.29) is 17.4 Å². The fraction of sp³-hybridized carbons (Fsp3) is 0.444. The summed E-state index contributed by atoms with van der Waals surface area (Å²) in [5, 5.41) is 16.3. The van der Waals surface area contributed by atoms with E-state index in [1.165, 1.54) is 24.6 Å². The van der Waals surface area contributed by atoms with Crippen LogP contribution in [0.2, 0.25) is 0 Å². The van der Waals surface area contributed by atoms with E-state index in [4.69, 9.17) is 4.74 Å². The number of esters is 1. The molecule has 2 aromatic heterocycles. The summed E-state index contributed by atoms with van der Waals surface area (Å²) in [5.74, 6) is -2.33. The Bertz CT molecular complexity index is 912. The Labute approximate surface area is 160 Å². The van der Waals surface area contributed by atoms with Crippen LogP contribution < -0.4 is 5.32 Å². The number of carboxylic acids is 1. The number of fused-ring (bicyclic) bond motifs is 1. The molecule has 0 aliphatic heterocycles. The average Bonchev–Trinajstić information content (AvgIpc) is 3.14. The molecule has 1 aliphatic rings. The van der Waals surface area contributed by atoms with Crippen molar-refractivity contribution in [3.8, 4) is 0 Å². The van der Waals surface area contributed by atoms with E-state index in [0.29, 0.717) is 10.6 Å². The fourth-order valence-electron chi connectivity index (χ4n) is 3.17. The molecule has 2 N–H and O–H groups in total. The van der Waals surface area contributed by atoms with Crippen LogP contribution in [0.4, 0.5) is 5.00 Å². The van der Waals surface area contributed by atoms with Crippen LogP contribution in [0.25, 0.3) is 0 Å². The van der Waals surface area contributed by atoms with Crippen LogP contribution in [0, 0.1) is 0 Å². The maximum absolute atomic E-state index is 12.7. The molecule has 0 aromatic carbocycles. The lowest BCUT2D eigenvalue weighted by Gasteiger charge is -2.14. The van der Waals surface area contributed by atoms with Crippen molar-refractivity contribution in [1.82, 2.24) is 9.78 Å². The quantitative estimate of drug-likeness (QED) is 0.758. The molecule has 8 nitrogen and oxygen atoms in total. The Morgan fingerprint density at radius 2 is 2.00 bits per heavy atom. The number of nitrogens with one attached hydrogen (secondary N) is 1. The van der Waals surface area contributed by atoms with Crippen molar-refractivity contribution in [2.24, 2.45) is 7.05 Å². The highest BCUT2D eigenvalue weighted by Crippen LogP contribution is 2.39. The van der Waals surface area contributed by atoms with E-state index in [1.807, 2.05) is 0 Å². The number of aromatic nitrogens is 2. The number of amides is 1. The molecule has 2 aromatic rings. The van der Waals surface area contributed by atoms with Crippen LogP contribution in [0.5, 0.6) is 0 Å². The van der Waals surface area contributed by atoms with E-state index in [1.54, 1.807) is 13.8 Å². The maximum Gasteiger partial charge on any atom is 0.354 e. The number of hydrogen-bond acceptors (Lipinski definition) is 6. The summed E-state index contributed by atoms with van der Waals surface area (Å²) in [6, 6.07) is 0. The summed E-state index contributed by atoms with van der Waals surface area (Å²) in [6.45, 7) is 3.54. The summed E-state index contributed by atoms with van der Waals surface area (Å²) >= 11 is 1.35. The number of carbonyl (C=O) groups excluding carboxylic acids is 2. The van der Waals surface area contributed by atoms with E-state index in [0.717, 1.165) is 40.8 Å². The molecule has 27 heavy (non-hydrogen) atoms. The molecule has 0 fully saturated rings. The summed E-state index contributed by atoms with van der Waals surface area (Å²) in [5.41, 5.74) is 1.05. The van der Waals surface area contributed by atoms with Crippen molar-refractivity contribution in [2.45, 2.75) is 45.6 Å². The summed E-state index contributed by atoms with van der Waals surface area (Å²) in [4.78, 5) is 37.8. The van der Waals surface area contributed by atoms with Crippen LogP contribution in [-0.2, 0) is 24.6 Å². The smallest absolute Gasteiger partial charge is 0.354 e. The number of anilines is 1. The van der Waals surface area contributed by atoms with Gasteiger partial charge in [-0.3, -0.25) is 9.48 Å². The first-order valence-corrected chi connectivity index (χ1v) is 9.53. The minimum atomic E-state index is -1.25. The lowest BCUT2D eigenvalue weighted by molar-refractivity contribution is 0.0378. The van der Waals surface area contributed by atoms with Crippen molar-refractivity contribution >= 4 is 34.2 Å². The number of aryl methyl sites for hydroxylation is 2. The normalized spacial score (nSPS) is 13.3. The Balaban J connectivity index is 1.97. The number of ether oxygens (including phenoxy) is 1. The zero-order valence-electron chi connectivity index (χ0n) is 15.4. The third kappa shape index (κ3) is 3.73. The molecule has 1 aliphatic carbocycles. The molecule has 1 amide bonds. The maximum atomic E-state index is 12.7. The predicted octanol–water partition coefficient (Wildman–Crippen LogP) is 2.88. The van der Waals surface area contributed by atoms with Gasteiger partial charge < -0.3 is 15.2 Å². The van der Waals surface area contributed by atoms with Gasteiger partial charge in [-0.05, 0) is 45.1 Å². The van der Waals surface area contributed by atoms with Gasteiger partial charge in [-0.1, -0.05) is 0 Å². The van der Waals surface area contributed by atoms with Crippen molar-refractivity contribution in [2.75, 3.05) is 5.32 Å². The highest BCUT2D eigenvalue weighted by Gasteiger charge is 2.29. The van der Waals surface area contributed by atoms with Crippen molar-refractivity contribution in [1.29, 1.82) is 0 Å². The number of aromatic carboxylic acids is 1. The van der Waals surface area contributed by atoms with E-state index in [2.05, 4.69) is 10.4 Å². The first kappa shape index (κ1) is 19.1. The van der Waals surface area contributed by atoms with Gasteiger partial charge in [0.05, 0.1) is 23.4 Å². The van der Waals surface area contributed by atoms with Gasteiger partial charge in [0.25, 0.3) is 5.91 Å². The van der Waals surface area contributed by atoms with Gasteiger partial charge >= 0.3 is 11.9 Å². The summed E-state index contributed by atoms with van der Waals surface area (Å²) in [6.07, 6.45) is 4.55. The molecular weight excluding hydrogens is 370 g/mol. The monoisotopic (exact) mass is 391 g/mol. The zero-order valence-corrected chi connectivity index (χ0v) is 16.2. The summed E-state index contributed by atoms with van der Waals surface area (Å²) in [7, 11) is 1.45. The van der Waals surface area contributed by atoms with Gasteiger partial charge in [-0.25, -0.2) is 9.59 Å². The van der Waals surface area contributed by atoms with Gasteiger partial charge in [-0.15, -0.1) is 11.3 Å². The summed E-state index contributed by atoms with van der Waals surface area (Å²) < 4.78 is 6.49. The minimum Gasteiger partial charge on any atom is -0.477 e. The zero-order chi connectivity index (χ0) is 19.7. The van der Waals surface area contributed by atoms with Crippen molar-refractivity contribution < 1.29 is 24.2 Å². The standard InChI is InChI=1S/C18H21N3O5S/c1-9(2)26-18(25)13-10-6-4-5-7-12(10)27-16(13)20-15(22)11-8-19-21(3)14(11)17(23)24/h8-9H,4-7H2,1-3H3,(H,20,22)(H,23,24). The minimum absolute atomic E-state index is 0.0560. The third-order valence-electron chi connectivity index (χ3n) is 4.33. The Morgan fingerprint density at radius 3 is 2.67 bits per heavy atom. The van der Waals surface area contributed by atoms with Gasteiger partial charge in [0.2, 0.25) is 0 Å². The van der Waals surface area contributed by atoms with E-state index >= 15 is 0 Å². The molecule has 0 spiro atoms. The molecule has 0 saturated heterocycles. The molecule has 0 radical (unpaired) electrons. The average molecular weight is 391 g/mol. The Hall–Kier alpha value is -2.68. The van der Waals surface area contributed by atoms with E-state index in [9.17, 15) is 19.5 Å². The van der Waals surface area contributed by atoms with Gasteiger partial charge in [0, 0.05) is 11.9 Å². The number of rotatable bonds is 5. The molecule has 0 unspecified atom stereocenters. The van der Waals surface area contributed by atoms with Crippen molar-refractivity contribution in [3.63, 3.8) is 0 Å². The number of nitrogens with zero attached hydrogens (tertiary/aromatic N) is 2. The van der Waals surface area contributed by atoms with Gasteiger partial charge in [-0.2, -0.15) is 5.10 Å². The van der Waals surface area contributed by atoms with Crippen molar-refractivity contribution in [3.05, 3.63) is 33.5 Å². The molecular formula is C18H21N3O5S. The third-order valence-corrected chi connectivity index (χ3v) is 5.54. The molecule has 144 valence electrons. The molecule has 3 rings (SSSR count). The lowest BCUT2D eigenvalue weighted by Crippen LogP contribution is -2.19. The van der Waals surface area contributed by atoms with E-state index < -0.39 is 17.8 Å². The van der Waals surface area contributed by atoms with Crippen LogP contribution in [0.3, 0.4) is 0 Å². The number of carbonyl (C=O) groups is 3. The van der Waals surface area contributed by atoms with Gasteiger partial charge in [0.15, 0.2) is 5.69 Å². The topological polar surface area (TPSA) is 111 Å². The first-order chi connectivity index (χ1) is 12.8. The second kappa shape index (κ2) is 7.51. The number of hydrogen-bond donors (Lipinski definition) is 2. The van der Waals surface area contributed by atoms with Crippen LogP contribution in [-0.4, -0.2) is 38.8 Å². The molecule has 0 saturated carbocycles. The first-order valence-electron chi connectivity index (χ1n) is 8.71. The number of thiophene rings is 1. The second-order valence-corrected chi connectivity index (χ2v) is 7.76. The Kier molecular flexibility index (Phi) is 5.31. The molecule has 0 bridgehead atoms. The molecule has 9 heteroatoms. The SMILES string of the molecule is CC(C)OC(=O)c1c(NC(=O)c2cnn(C)c2C(=O)O)sc2c1CCCC2. The highest BCUT2D eigenvalue weighted by atomic mass is 32.1. The highest BCUT2D eigenvalue weighted by molar-refractivity contribution is 7.17. The van der Waals surface area contributed by atoms with Crippen LogP contribution >= 0.6 is 11.3 Å². The van der Waals surface area contributed by atoms with Crippen LogP contribution in [0.15, 0.2) is 6.20 Å². The van der Waals surface area contributed by atoms with Crippen LogP contribution in [0.1, 0.15) is 68.3 Å². The fourth-order valence-corrected chi connectivity index (χ4v) is 4.44. The predicted molar refractivity (Wildman–Crippen MR) is 99.6 cm³/mol. The Morgan fingerprint density at radius 1 is 1.30 bits per heavy atom.